The molecule has 6 nitrogen and oxygen atoms in total. The monoisotopic (exact) mass is 320 g/mol. The van der Waals surface area contributed by atoms with Crippen LogP contribution in [-0.2, 0) is 4.79 Å². The lowest BCUT2D eigenvalue weighted by atomic mass is 10.1. The third kappa shape index (κ3) is 4.01. The molecule has 2 atom stereocenters. The molecule has 2 rings (SSSR count). The van der Waals surface area contributed by atoms with E-state index in [-0.39, 0.29) is 24.5 Å². The van der Waals surface area contributed by atoms with Gasteiger partial charge >= 0.3 is 0 Å². The highest BCUT2D eigenvalue weighted by Gasteiger charge is 2.35. The van der Waals surface area contributed by atoms with Gasteiger partial charge in [0.25, 0.3) is 5.91 Å². The summed E-state index contributed by atoms with van der Waals surface area (Å²) >= 11 is 0. The maximum atomic E-state index is 12.8. The first kappa shape index (κ1) is 17.3. The topological polar surface area (TPSA) is 78.9 Å². The maximum Gasteiger partial charge on any atom is 0.258 e. The van der Waals surface area contributed by atoms with E-state index in [1.807, 2.05) is 13.0 Å². The minimum atomic E-state index is -0.494. The van der Waals surface area contributed by atoms with Gasteiger partial charge in [0.2, 0.25) is 5.91 Å². The number of para-hydroxylation sites is 1. The quantitative estimate of drug-likeness (QED) is 0.825. The van der Waals surface area contributed by atoms with Crippen LogP contribution in [0.3, 0.4) is 0 Å². The lowest BCUT2D eigenvalue weighted by molar-refractivity contribution is -0.125. The number of nitrogens with one attached hydrogen (secondary N) is 1. The zero-order valence-corrected chi connectivity index (χ0v) is 13.6. The molecule has 1 fully saturated rings. The number of ether oxygens (including phenoxy) is 1. The van der Waals surface area contributed by atoms with E-state index in [9.17, 15) is 9.59 Å². The number of amides is 2. The van der Waals surface area contributed by atoms with Gasteiger partial charge in [0.1, 0.15) is 11.8 Å². The number of carbonyl (C=O) groups excluding carboxylic acids is 2. The fourth-order valence-electron chi connectivity index (χ4n) is 2.75. The van der Waals surface area contributed by atoms with Crippen LogP contribution in [0.15, 0.2) is 24.3 Å². The minimum absolute atomic E-state index is 0.125. The normalized spacial score (nSPS) is 18.6. The van der Waals surface area contributed by atoms with Crippen LogP contribution in [-0.4, -0.2) is 53.7 Å². The number of nitrogens with zero attached hydrogens (tertiary/aromatic N) is 1. The van der Waals surface area contributed by atoms with Crippen molar-refractivity contribution in [2.45, 2.75) is 38.8 Å². The van der Waals surface area contributed by atoms with E-state index in [1.54, 1.807) is 30.0 Å². The van der Waals surface area contributed by atoms with E-state index < -0.39 is 6.04 Å². The zero-order valence-electron chi connectivity index (χ0n) is 13.6. The second-order valence-electron chi connectivity index (χ2n) is 5.68. The lowest BCUT2D eigenvalue weighted by Gasteiger charge is -2.26. The van der Waals surface area contributed by atoms with Crippen LogP contribution in [0, 0.1) is 0 Å². The SMILES string of the molecule is CCOc1ccccc1C(=O)N1CCCC1C(=O)N[C@@H](C)CO. The third-order valence-electron chi connectivity index (χ3n) is 3.90. The molecule has 1 aliphatic heterocycles. The number of carbonyl (C=O) groups is 2. The van der Waals surface area contributed by atoms with Crippen LogP contribution >= 0.6 is 0 Å². The summed E-state index contributed by atoms with van der Waals surface area (Å²) in [6, 6.07) is 6.27. The van der Waals surface area contributed by atoms with Gasteiger partial charge in [-0.05, 0) is 38.8 Å². The Kier molecular flexibility index (Phi) is 5.98. The summed E-state index contributed by atoms with van der Waals surface area (Å²) in [5.74, 6) is 0.129. The van der Waals surface area contributed by atoms with E-state index in [0.29, 0.717) is 30.9 Å². The molecule has 1 aromatic rings. The number of hydrogen-bond acceptors (Lipinski definition) is 4. The van der Waals surface area contributed by atoms with Crippen molar-refractivity contribution in [1.29, 1.82) is 0 Å². The van der Waals surface area contributed by atoms with Gasteiger partial charge in [0.15, 0.2) is 0 Å². The molecule has 0 aliphatic carbocycles. The first-order valence-electron chi connectivity index (χ1n) is 8.02. The molecule has 2 amide bonds. The van der Waals surface area contributed by atoms with Crippen LogP contribution in [0.2, 0.25) is 0 Å². The van der Waals surface area contributed by atoms with Crippen LogP contribution in [0.25, 0.3) is 0 Å². The highest BCUT2D eigenvalue weighted by atomic mass is 16.5. The van der Waals surface area contributed by atoms with Gasteiger partial charge in [-0.15, -0.1) is 0 Å². The molecule has 0 bridgehead atoms. The molecule has 1 saturated heterocycles. The van der Waals surface area contributed by atoms with Crippen molar-refractivity contribution in [2.24, 2.45) is 0 Å². The summed E-state index contributed by atoms with van der Waals surface area (Å²) < 4.78 is 5.51. The molecule has 6 heteroatoms. The predicted octanol–water partition coefficient (Wildman–Crippen LogP) is 1.19. The first-order valence-corrected chi connectivity index (χ1v) is 8.02. The number of rotatable bonds is 6. The zero-order chi connectivity index (χ0) is 16.8. The average Bonchev–Trinajstić information content (AvgIpc) is 3.04. The van der Waals surface area contributed by atoms with Crippen molar-refractivity contribution in [2.75, 3.05) is 19.8 Å². The van der Waals surface area contributed by atoms with Crippen molar-refractivity contribution >= 4 is 11.8 Å². The Bertz CT molecular complexity index is 561. The Hall–Kier alpha value is -2.08. The molecule has 0 radical (unpaired) electrons. The van der Waals surface area contributed by atoms with Crippen molar-refractivity contribution in [3.05, 3.63) is 29.8 Å². The maximum absolute atomic E-state index is 12.8. The molecule has 1 aliphatic rings. The smallest absolute Gasteiger partial charge is 0.258 e. The summed E-state index contributed by atoms with van der Waals surface area (Å²) in [5.41, 5.74) is 0.476. The van der Waals surface area contributed by atoms with Gasteiger partial charge < -0.3 is 20.1 Å². The van der Waals surface area contributed by atoms with Gasteiger partial charge in [0, 0.05) is 12.6 Å². The van der Waals surface area contributed by atoms with Gasteiger partial charge in [0.05, 0.1) is 18.8 Å². The fraction of sp³-hybridized carbons (Fsp3) is 0.529. The molecule has 0 aromatic heterocycles. The van der Waals surface area contributed by atoms with Gasteiger partial charge in [-0.1, -0.05) is 12.1 Å². The molecule has 2 N–H and O–H groups in total. The predicted molar refractivity (Wildman–Crippen MR) is 86.4 cm³/mol. The summed E-state index contributed by atoms with van der Waals surface area (Å²) in [4.78, 5) is 26.7. The molecule has 1 aromatic carbocycles. The van der Waals surface area contributed by atoms with Crippen molar-refractivity contribution < 1.29 is 19.4 Å². The standard InChI is InChI=1S/C17H24N2O4/c1-3-23-15-9-5-4-7-13(15)17(22)19-10-6-8-14(19)16(21)18-12(2)11-20/h4-5,7,9,12,14,20H,3,6,8,10-11H2,1-2H3,(H,18,21)/t12-,14?/m0/s1. The molecule has 0 saturated carbocycles. The Morgan fingerprint density at radius 2 is 2.17 bits per heavy atom. The summed E-state index contributed by atoms with van der Waals surface area (Å²) in [6.07, 6.45) is 1.42. The Morgan fingerprint density at radius 3 is 2.87 bits per heavy atom. The number of benzene rings is 1. The van der Waals surface area contributed by atoms with Crippen LogP contribution in [0.1, 0.15) is 37.0 Å². The molecule has 0 spiro atoms. The van der Waals surface area contributed by atoms with Crippen LogP contribution in [0.5, 0.6) is 5.75 Å². The Balaban J connectivity index is 2.16. The summed E-state index contributed by atoms with van der Waals surface area (Å²) in [5, 5.41) is 11.8. The fourth-order valence-corrected chi connectivity index (χ4v) is 2.75. The summed E-state index contributed by atoms with van der Waals surface area (Å²) in [7, 11) is 0. The van der Waals surface area contributed by atoms with Crippen molar-refractivity contribution in [3.63, 3.8) is 0 Å². The van der Waals surface area contributed by atoms with Crippen molar-refractivity contribution in [3.8, 4) is 5.75 Å². The molecule has 1 unspecified atom stereocenters. The van der Waals surface area contributed by atoms with E-state index in [1.165, 1.54) is 0 Å². The van der Waals surface area contributed by atoms with Crippen LogP contribution < -0.4 is 10.1 Å². The summed E-state index contributed by atoms with van der Waals surface area (Å²) in [6.45, 7) is 4.49. The number of hydrogen-bond donors (Lipinski definition) is 2. The molecular weight excluding hydrogens is 296 g/mol. The molecule has 23 heavy (non-hydrogen) atoms. The van der Waals surface area contributed by atoms with E-state index >= 15 is 0 Å². The molecule has 1 heterocycles. The van der Waals surface area contributed by atoms with E-state index in [2.05, 4.69) is 5.32 Å². The van der Waals surface area contributed by atoms with Gasteiger partial charge in [-0.25, -0.2) is 0 Å². The Labute approximate surface area is 136 Å². The highest BCUT2D eigenvalue weighted by Crippen LogP contribution is 2.25. The first-order chi connectivity index (χ1) is 11.1. The van der Waals surface area contributed by atoms with Gasteiger partial charge in [-0.3, -0.25) is 9.59 Å². The minimum Gasteiger partial charge on any atom is -0.493 e. The average molecular weight is 320 g/mol. The number of aliphatic hydroxyl groups excluding tert-OH is 1. The second kappa shape index (κ2) is 7.97. The Morgan fingerprint density at radius 1 is 1.43 bits per heavy atom. The number of likely N-dealkylation sites (tertiary alicyclic amines) is 1. The molecular formula is C17H24N2O4. The number of aliphatic hydroxyl groups is 1. The largest absolute Gasteiger partial charge is 0.493 e. The van der Waals surface area contributed by atoms with E-state index in [4.69, 9.17) is 9.84 Å². The second-order valence-corrected chi connectivity index (χ2v) is 5.68. The third-order valence-corrected chi connectivity index (χ3v) is 3.90. The highest BCUT2D eigenvalue weighted by molar-refractivity contribution is 6.00. The van der Waals surface area contributed by atoms with Crippen molar-refractivity contribution in [1.82, 2.24) is 10.2 Å². The lowest BCUT2D eigenvalue weighted by Crippen LogP contribution is -2.49. The van der Waals surface area contributed by atoms with Crippen LogP contribution in [0.4, 0.5) is 0 Å². The van der Waals surface area contributed by atoms with Gasteiger partial charge in [-0.2, -0.15) is 0 Å². The molecule has 126 valence electrons. The van der Waals surface area contributed by atoms with E-state index in [0.717, 1.165) is 6.42 Å².